The second-order valence-corrected chi connectivity index (χ2v) is 7.38. The van der Waals surface area contributed by atoms with Crippen molar-refractivity contribution in [2.24, 2.45) is 0 Å². The minimum atomic E-state index is -4.44. The Morgan fingerprint density at radius 1 is 0.939 bits per heavy atom. The Balaban J connectivity index is 1.49. The number of benzene rings is 2. The summed E-state index contributed by atoms with van der Waals surface area (Å²) in [5, 5.41) is 3.81. The molecule has 2 aromatic carbocycles. The highest BCUT2D eigenvalue weighted by Crippen LogP contribution is 2.32. The lowest BCUT2D eigenvalue weighted by Crippen LogP contribution is -2.09. The molecule has 5 aromatic rings. The number of aromatic amines is 1. The molecule has 0 saturated heterocycles. The van der Waals surface area contributed by atoms with E-state index in [9.17, 15) is 17.6 Å². The number of hydrogen-bond donors (Lipinski definition) is 2. The highest BCUT2D eigenvalue weighted by atomic mass is 19.4. The molecule has 5 rings (SSSR count). The fraction of sp³-hybridized carbons (Fsp3) is 0.130. The Hall–Kier alpha value is -4.08. The van der Waals surface area contributed by atoms with Gasteiger partial charge in [-0.2, -0.15) is 13.2 Å². The molecule has 3 heterocycles. The van der Waals surface area contributed by atoms with Gasteiger partial charge in [-0.25, -0.2) is 24.3 Å². The molecule has 0 amide bonds. The molecule has 3 aromatic heterocycles. The van der Waals surface area contributed by atoms with Gasteiger partial charge >= 0.3 is 6.18 Å². The Kier molecular flexibility index (Phi) is 5.12. The molecule has 0 radical (unpaired) electrons. The second kappa shape index (κ2) is 8.12. The SMILES string of the molecule is Fc1cccc2cc(CCNc3ncnc4[nH]cnc34)c(-c3ccc(C(F)(F)F)cc3)nc12. The zero-order valence-corrected chi connectivity index (χ0v) is 17.0. The van der Waals surface area contributed by atoms with Gasteiger partial charge in [0.15, 0.2) is 11.5 Å². The highest BCUT2D eigenvalue weighted by Gasteiger charge is 2.30. The van der Waals surface area contributed by atoms with Crippen molar-refractivity contribution in [2.45, 2.75) is 12.6 Å². The van der Waals surface area contributed by atoms with Crippen LogP contribution in [0.25, 0.3) is 33.3 Å². The molecule has 0 aliphatic rings. The van der Waals surface area contributed by atoms with Crippen LogP contribution in [0.1, 0.15) is 11.1 Å². The summed E-state index contributed by atoms with van der Waals surface area (Å²) in [6.07, 6.45) is -1.04. The van der Waals surface area contributed by atoms with Crippen molar-refractivity contribution in [3.05, 3.63) is 78.1 Å². The molecule has 0 spiro atoms. The number of anilines is 1. The number of nitrogens with one attached hydrogen (secondary N) is 2. The van der Waals surface area contributed by atoms with Crippen molar-refractivity contribution in [3.63, 3.8) is 0 Å². The molecule has 6 nitrogen and oxygen atoms in total. The molecular weight excluding hydrogens is 436 g/mol. The lowest BCUT2D eigenvalue weighted by atomic mass is 9.99. The standard InChI is InChI=1S/C23H16F4N6/c24-17-3-1-2-14-10-15(8-9-28-21-20-22(30-11-29-20)32-12-31-21)18(33-19(14)17)13-4-6-16(7-5-13)23(25,26)27/h1-7,10-12H,8-9H2,(H2,28,29,30,31,32). The number of nitrogens with zero attached hydrogens (tertiary/aromatic N) is 4. The molecule has 0 bridgehead atoms. The highest BCUT2D eigenvalue weighted by molar-refractivity contribution is 5.84. The number of pyridine rings is 1. The van der Waals surface area contributed by atoms with Gasteiger partial charge in [0, 0.05) is 17.5 Å². The first-order valence-corrected chi connectivity index (χ1v) is 10.0. The van der Waals surface area contributed by atoms with Crippen molar-refractivity contribution in [3.8, 4) is 11.3 Å². The molecule has 2 N–H and O–H groups in total. The van der Waals surface area contributed by atoms with E-state index in [-0.39, 0.29) is 5.52 Å². The van der Waals surface area contributed by atoms with Crippen LogP contribution in [0.4, 0.5) is 23.4 Å². The Bertz CT molecular complexity index is 1440. The van der Waals surface area contributed by atoms with Crippen LogP contribution in [-0.2, 0) is 12.6 Å². The number of hydrogen-bond acceptors (Lipinski definition) is 5. The van der Waals surface area contributed by atoms with E-state index >= 15 is 0 Å². The Morgan fingerprint density at radius 2 is 1.76 bits per heavy atom. The molecule has 0 fully saturated rings. The smallest absolute Gasteiger partial charge is 0.368 e. The molecule has 0 atom stereocenters. The zero-order chi connectivity index (χ0) is 23.0. The van der Waals surface area contributed by atoms with E-state index in [2.05, 4.69) is 30.2 Å². The van der Waals surface area contributed by atoms with Gasteiger partial charge in [-0.1, -0.05) is 24.3 Å². The van der Waals surface area contributed by atoms with Gasteiger partial charge in [0.1, 0.15) is 23.2 Å². The molecule has 33 heavy (non-hydrogen) atoms. The van der Waals surface area contributed by atoms with E-state index in [1.807, 2.05) is 6.07 Å². The summed E-state index contributed by atoms with van der Waals surface area (Å²) in [6.45, 7) is 0.440. The maximum absolute atomic E-state index is 14.4. The van der Waals surface area contributed by atoms with E-state index in [1.165, 1.54) is 30.9 Å². The molecular formula is C23H16F4N6. The number of aromatic nitrogens is 5. The summed E-state index contributed by atoms with van der Waals surface area (Å²) < 4.78 is 53.3. The van der Waals surface area contributed by atoms with Gasteiger partial charge < -0.3 is 10.3 Å². The summed E-state index contributed by atoms with van der Waals surface area (Å²) in [7, 11) is 0. The summed E-state index contributed by atoms with van der Waals surface area (Å²) in [4.78, 5) is 19.9. The number of fused-ring (bicyclic) bond motifs is 2. The lowest BCUT2D eigenvalue weighted by Gasteiger charge is -2.13. The predicted molar refractivity (Wildman–Crippen MR) is 116 cm³/mol. The maximum Gasteiger partial charge on any atom is 0.416 e. The summed E-state index contributed by atoms with van der Waals surface area (Å²) in [6, 6.07) is 11.2. The average Bonchev–Trinajstić information content (AvgIpc) is 3.28. The first-order chi connectivity index (χ1) is 15.9. The molecule has 10 heteroatoms. The van der Waals surface area contributed by atoms with Gasteiger partial charge in [-0.05, 0) is 36.2 Å². The molecule has 0 aliphatic carbocycles. The van der Waals surface area contributed by atoms with Crippen molar-refractivity contribution < 1.29 is 17.6 Å². The van der Waals surface area contributed by atoms with Crippen LogP contribution in [0.15, 0.2) is 61.2 Å². The van der Waals surface area contributed by atoms with E-state index in [0.717, 1.165) is 17.7 Å². The van der Waals surface area contributed by atoms with Crippen LogP contribution in [-0.4, -0.2) is 31.5 Å². The van der Waals surface area contributed by atoms with E-state index in [4.69, 9.17) is 0 Å². The van der Waals surface area contributed by atoms with Gasteiger partial charge in [-0.3, -0.25) is 0 Å². The summed E-state index contributed by atoms with van der Waals surface area (Å²) >= 11 is 0. The van der Waals surface area contributed by atoms with Crippen LogP contribution in [0, 0.1) is 5.82 Å². The second-order valence-electron chi connectivity index (χ2n) is 7.38. The van der Waals surface area contributed by atoms with Crippen molar-refractivity contribution in [2.75, 3.05) is 11.9 Å². The van der Waals surface area contributed by atoms with Crippen molar-refractivity contribution in [1.29, 1.82) is 0 Å². The number of rotatable bonds is 5. The van der Waals surface area contributed by atoms with Gasteiger partial charge in [0.25, 0.3) is 0 Å². The van der Waals surface area contributed by atoms with Crippen molar-refractivity contribution in [1.82, 2.24) is 24.9 Å². The number of para-hydroxylation sites is 1. The van der Waals surface area contributed by atoms with E-state index in [1.54, 1.807) is 12.1 Å². The summed E-state index contributed by atoms with van der Waals surface area (Å²) in [5.74, 6) is 0.0596. The fourth-order valence-corrected chi connectivity index (χ4v) is 3.67. The number of H-pyrrole nitrogens is 1. The third kappa shape index (κ3) is 4.07. The molecule has 166 valence electrons. The van der Waals surface area contributed by atoms with Gasteiger partial charge in [0.2, 0.25) is 0 Å². The Labute approximate surface area is 184 Å². The van der Waals surface area contributed by atoms with Crippen LogP contribution in [0.3, 0.4) is 0 Å². The zero-order valence-electron chi connectivity index (χ0n) is 17.0. The molecule has 0 saturated carbocycles. The van der Waals surface area contributed by atoms with Gasteiger partial charge in [0.05, 0.1) is 17.6 Å². The van der Waals surface area contributed by atoms with Crippen LogP contribution >= 0.6 is 0 Å². The minimum Gasteiger partial charge on any atom is -0.368 e. The third-order valence-electron chi connectivity index (χ3n) is 5.27. The number of halogens is 4. The first kappa shape index (κ1) is 20.8. The lowest BCUT2D eigenvalue weighted by molar-refractivity contribution is -0.137. The monoisotopic (exact) mass is 452 g/mol. The maximum atomic E-state index is 14.4. The molecule has 0 unspecified atom stereocenters. The fourth-order valence-electron chi connectivity index (χ4n) is 3.67. The van der Waals surface area contributed by atoms with Crippen LogP contribution in [0.2, 0.25) is 0 Å². The largest absolute Gasteiger partial charge is 0.416 e. The van der Waals surface area contributed by atoms with E-state index in [0.29, 0.717) is 46.6 Å². The van der Waals surface area contributed by atoms with Gasteiger partial charge in [-0.15, -0.1) is 0 Å². The van der Waals surface area contributed by atoms with Crippen molar-refractivity contribution >= 4 is 27.9 Å². The summed E-state index contributed by atoms with van der Waals surface area (Å²) in [5.41, 5.74) is 2.26. The molecule has 0 aliphatic heterocycles. The number of alkyl halides is 3. The van der Waals surface area contributed by atoms with Crippen LogP contribution in [0.5, 0.6) is 0 Å². The average molecular weight is 452 g/mol. The third-order valence-corrected chi connectivity index (χ3v) is 5.27. The topological polar surface area (TPSA) is 79.4 Å². The normalized spacial score (nSPS) is 11.9. The minimum absolute atomic E-state index is 0.165. The first-order valence-electron chi connectivity index (χ1n) is 10.0. The van der Waals surface area contributed by atoms with E-state index < -0.39 is 17.6 Å². The quantitative estimate of drug-likeness (QED) is 0.350. The Morgan fingerprint density at radius 3 is 2.55 bits per heavy atom. The predicted octanol–water partition coefficient (Wildman–Crippen LogP) is 5.38. The van der Waals surface area contributed by atoms with Crippen LogP contribution < -0.4 is 5.32 Å². The number of imidazole rings is 1.